The second kappa shape index (κ2) is 10.6. The van der Waals surface area contributed by atoms with E-state index in [-0.39, 0.29) is 12.3 Å². The zero-order chi connectivity index (χ0) is 25.1. The third-order valence-corrected chi connectivity index (χ3v) is 6.64. The highest BCUT2D eigenvalue weighted by molar-refractivity contribution is 5.72. The molecule has 1 heterocycles. The lowest BCUT2D eigenvalue weighted by Crippen LogP contribution is -2.08. The van der Waals surface area contributed by atoms with Crippen LogP contribution in [0.25, 0.3) is 11.1 Å². The molecule has 1 aliphatic carbocycles. The number of carboxylic acid groups (broad SMARTS) is 1. The molecule has 0 aromatic heterocycles. The predicted octanol–water partition coefficient (Wildman–Crippen LogP) is 6.06. The SMILES string of the molecule is Cc1cc(OCCOC2CC2)cc(C)c1-c1cccc(COc2ccc3c(c2)OC[C@H]3CC(=O)O)c1. The van der Waals surface area contributed by atoms with Crippen LogP contribution in [0.5, 0.6) is 17.2 Å². The molecule has 5 rings (SSSR count). The quantitative estimate of drug-likeness (QED) is 0.331. The fourth-order valence-corrected chi connectivity index (χ4v) is 4.78. The number of ether oxygens (including phenoxy) is 4. The highest BCUT2D eigenvalue weighted by Gasteiger charge is 2.26. The fraction of sp³-hybridized carbons (Fsp3) is 0.367. The Bertz CT molecular complexity index is 1220. The monoisotopic (exact) mass is 488 g/mol. The second-order valence-electron chi connectivity index (χ2n) is 9.65. The minimum absolute atomic E-state index is 0.0702. The normalized spacial score (nSPS) is 16.3. The van der Waals surface area contributed by atoms with Crippen molar-refractivity contribution in [1.29, 1.82) is 0 Å². The van der Waals surface area contributed by atoms with E-state index in [0.717, 1.165) is 33.6 Å². The molecule has 0 bridgehead atoms. The largest absolute Gasteiger partial charge is 0.492 e. The standard InChI is InChI=1S/C30H32O6/c1-19-12-26(34-11-10-33-24-6-7-24)13-20(2)30(19)22-5-3-4-21(14-22)17-35-25-8-9-27-23(15-29(31)32)18-36-28(27)16-25/h3-5,8-9,12-14,16,23-24H,6-7,10-11,15,17-18H2,1-2H3,(H,31,32)/t23-/m1/s1. The van der Waals surface area contributed by atoms with Crippen LogP contribution in [0.3, 0.4) is 0 Å². The van der Waals surface area contributed by atoms with Crippen LogP contribution in [0.15, 0.2) is 54.6 Å². The fourth-order valence-electron chi connectivity index (χ4n) is 4.78. The third kappa shape index (κ3) is 5.82. The Hall–Kier alpha value is -3.51. The van der Waals surface area contributed by atoms with Crippen molar-refractivity contribution in [3.8, 4) is 28.4 Å². The van der Waals surface area contributed by atoms with Gasteiger partial charge in [0.05, 0.1) is 25.7 Å². The topological polar surface area (TPSA) is 74.2 Å². The van der Waals surface area contributed by atoms with Crippen molar-refractivity contribution in [2.24, 2.45) is 0 Å². The Morgan fingerprint density at radius 1 is 0.972 bits per heavy atom. The van der Waals surface area contributed by atoms with E-state index in [9.17, 15) is 4.79 Å². The smallest absolute Gasteiger partial charge is 0.304 e. The summed E-state index contributed by atoms with van der Waals surface area (Å²) in [5.41, 5.74) is 6.67. The molecule has 3 aromatic rings. The van der Waals surface area contributed by atoms with Gasteiger partial charge in [0, 0.05) is 17.5 Å². The van der Waals surface area contributed by atoms with Crippen molar-refractivity contribution < 1.29 is 28.8 Å². The summed E-state index contributed by atoms with van der Waals surface area (Å²) in [4.78, 5) is 11.1. The van der Waals surface area contributed by atoms with Gasteiger partial charge >= 0.3 is 5.97 Å². The molecule has 36 heavy (non-hydrogen) atoms. The minimum atomic E-state index is -0.817. The molecule has 1 N–H and O–H groups in total. The van der Waals surface area contributed by atoms with E-state index in [2.05, 4.69) is 50.2 Å². The summed E-state index contributed by atoms with van der Waals surface area (Å²) in [5, 5.41) is 9.09. The summed E-state index contributed by atoms with van der Waals surface area (Å²) in [6.45, 7) is 6.24. The van der Waals surface area contributed by atoms with Crippen molar-refractivity contribution in [3.05, 3.63) is 76.9 Å². The number of carbonyl (C=O) groups is 1. The molecule has 1 atom stereocenters. The predicted molar refractivity (Wildman–Crippen MR) is 137 cm³/mol. The molecule has 0 spiro atoms. The summed E-state index contributed by atoms with van der Waals surface area (Å²) in [6.07, 6.45) is 2.87. The van der Waals surface area contributed by atoms with Crippen LogP contribution < -0.4 is 14.2 Å². The molecule has 2 aliphatic rings. The van der Waals surface area contributed by atoms with E-state index in [1.807, 2.05) is 18.2 Å². The maximum Gasteiger partial charge on any atom is 0.304 e. The zero-order valence-electron chi connectivity index (χ0n) is 20.8. The van der Waals surface area contributed by atoms with Gasteiger partial charge in [0.15, 0.2) is 0 Å². The summed E-state index contributed by atoms with van der Waals surface area (Å²) in [6, 6.07) is 18.2. The molecule has 188 valence electrons. The first kappa shape index (κ1) is 24.2. The first-order valence-corrected chi connectivity index (χ1v) is 12.5. The number of carboxylic acids is 1. The van der Waals surface area contributed by atoms with Gasteiger partial charge in [-0.05, 0) is 78.8 Å². The minimum Gasteiger partial charge on any atom is -0.492 e. The van der Waals surface area contributed by atoms with E-state index < -0.39 is 5.97 Å². The van der Waals surface area contributed by atoms with Crippen LogP contribution in [-0.4, -0.2) is 37.0 Å². The van der Waals surface area contributed by atoms with Gasteiger partial charge in [0.25, 0.3) is 0 Å². The summed E-state index contributed by atoms with van der Waals surface area (Å²) < 4.78 is 23.3. The lowest BCUT2D eigenvalue weighted by atomic mass is 9.94. The number of hydrogen-bond acceptors (Lipinski definition) is 5. The van der Waals surface area contributed by atoms with E-state index >= 15 is 0 Å². The Kier molecular flexibility index (Phi) is 7.14. The molecular formula is C30H32O6. The van der Waals surface area contributed by atoms with Crippen LogP contribution >= 0.6 is 0 Å². The maximum absolute atomic E-state index is 11.1. The average Bonchev–Trinajstić information content (AvgIpc) is 3.60. The first-order valence-electron chi connectivity index (χ1n) is 12.5. The molecular weight excluding hydrogens is 456 g/mol. The van der Waals surface area contributed by atoms with Crippen molar-refractivity contribution in [1.82, 2.24) is 0 Å². The molecule has 6 nitrogen and oxygen atoms in total. The molecule has 0 unspecified atom stereocenters. The van der Waals surface area contributed by atoms with Crippen molar-refractivity contribution in [3.63, 3.8) is 0 Å². The number of fused-ring (bicyclic) bond motifs is 1. The van der Waals surface area contributed by atoms with Gasteiger partial charge in [0.2, 0.25) is 0 Å². The Labute approximate surface area is 211 Å². The lowest BCUT2D eigenvalue weighted by molar-refractivity contribution is -0.137. The number of aryl methyl sites for hydroxylation is 2. The van der Waals surface area contributed by atoms with Gasteiger partial charge in [-0.15, -0.1) is 0 Å². The second-order valence-corrected chi connectivity index (χ2v) is 9.65. The molecule has 0 radical (unpaired) electrons. The van der Waals surface area contributed by atoms with Crippen molar-refractivity contribution in [2.75, 3.05) is 19.8 Å². The molecule has 6 heteroatoms. The van der Waals surface area contributed by atoms with Crippen LogP contribution in [0.2, 0.25) is 0 Å². The van der Waals surface area contributed by atoms with Gasteiger partial charge < -0.3 is 24.1 Å². The first-order chi connectivity index (χ1) is 17.5. The van der Waals surface area contributed by atoms with Crippen molar-refractivity contribution >= 4 is 5.97 Å². The van der Waals surface area contributed by atoms with Crippen LogP contribution in [-0.2, 0) is 16.1 Å². The summed E-state index contributed by atoms with van der Waals surface area (Å²) in [5.74, 6) is 1.36. The third-order valence-electron chi connectivity index (χ3n) is 6.64. The molecule has 1 aliphatic heterocycles. The average molecular weight is 489 g/mol. The molecule has 0 amide bonds. The molecule has 0 saturated heterocycles. The lowest BCUT2D eigenvalue weighted by Gasteiger charge is -2.15. The van der Waals surface area contributed by atoms with Crippen LogP contribution in [0.1, 0.15) is 47.4 Å². The van der Waals surface area contributed by atoms with Crippen LogP contribution in [0, 0.1) is 13.8 Å². The van der Waals surface area contributed by atoms with Crippen molar-refractivity contribution in [2.45, 2.75) is 51.7 Å². The van der Waals surface area contributed by atoms with Gasteiger partial charge in [-0.2, -0.15) is 0 Å². The van der Waals surface area contributed by atoms with Gasteiger partial charge in [-0.1, -0.05) is 24.3 Å². The number of rotatable bonds is 11. The van der Waals surface area contributed by atoms with Gasteiger partial charge in [-0.3, -0.25) is 4.79 Å². The number of hydrogen-bond donors (Lipinski definition) is 1. The highest BCUT2D eigenvalue weighted by Crippen LogP contribution is 2.38. The van der Waals surface area contributed by atoms with E-state index in [0.29, 0.717) is 44.0 Å². The molecule has 3 aromatic carbocycles. The van der Waals surface area contributed by atoms with Gasteiger partial charge in [-0.25, -0.2) is 0 Å². The summed E-state index contributed by atoms with van der Waals surface area (Å²) in [7, 11) is 0. The Morgan fingerprint density at radius 2 is 1.78 bits per heavy atom. The summed E-state index contributed by atoms with van der Waals surface area (Å²) >= 11 is 0. The number of benzene rings is 3. The number of aliphatic carboxylic acids is 1. The highest BCUT2D eigenvalue weighted by atomic mass is 16.5. The zero-order valence-corrected chi connectivity index (χ0v) is 20.8. The molecule has 1 saturated carbocycles. The van der Waals surface area contributed by atoms with E-state index in [4.69, 9.17) is 24.1 Å². The van der Waals surface area contributed by atoms with Crippen LogP contribution in [0.4, 0.5) is 0 Å². The van der Waals surface area contributed by atoms with E-state index in [1.54, 1.807) is 0 Å². The van der Waals surface area contributed by atoms with Gasteiger partial charge in [0.1, 0.15) is 30.5 Å². The van der Waals surface area contributed by atoms with E-state index in [1.165, 1.54) is 18.4 Å². The Morgan fingerprint density at radius 3 is 2.53 bits per heavy atom. The molecule has 1 fully saturated rings. The Balaban J connectivity index is 1.23. The maximum atomic E-state index is 11.1.